The van der Waals surface area contributed by atoms with Crippen molar-refractivity contribution in [2.75, 3.05) is 18.4 Å². The molecule has 3 aromatic rings. The predicted molar refractivity (Wildman–Crippen MR) is 124 cm³/mol. The van der Waals surface area contributed by atoms with E-state index in [0.29, 0.717) is 39.4 Å². The van der Waals surface area contributed by atoms with Crippen molar-refractivity contribution >= 4 is 44.5 Å². The number of amides is 1. The van der Waals surface area contributed by atoms with Gasteiger partial charge in [-0.05, 0) is 42.5 Å². The molecule has 1 aliphatic heterocycles. The molecular formula is C24H20N2O5S2. The van der Waals surface area contributed by atoms with E-state index in [9.17, 15) is 22.8 Å². The molecular weight excluding hydrogens is 460 g/mol. The zero-order chi connectivity index (χ0) is 23.2. The van der Waals surface area contributed by atoms with Crippen molar-refractivity contribution in [3.05, 3.63) is 82.2 Å². The number of anilines is 1. The van der Waals surface area contributed by atoms with Crippen LogP contribution in [0.25, 0.3) is 0 Å². The number of nitrogens with one attached hydrogen (secondary N) is 1. The second-order valence-corrected chi connectivity index (χ2v) is 11.2. The van der Waals surface area contributed by atoms with Crippen LogP contribution in [0.2, 0.25) is 0 Å². The van der Waals surface area contributed by atoms with Gasteiger partial charge in [-0.25, -0.2) is 8.42 Å². The van der Waals surface area contributed by atoms with Gasteiger partial charge in [0.2, 0.25) is 5.91 Å². The van der Waals surface area contributed by atoms with Crippen LogP contribution in [0.3, 0.4) is 0 Å². The van der Waals surface area contributed by atoms with Gasteiger partial charge in [0.15, 0.2) is 11.6 Å². The quantitative estimate of drug-likeness (QED) is 0.481. The molecule has 0 atom stereocenters. The van der Waals surface area contributed by atoms with Gasteiger partial charge in [0.1, 0.15) is 4.21 Å². The average Bonchev–Trinajstić information content (AvgIpc) is 3.39. The maximum Gasteiger partial charge on any atom is 0.252 e. The molecule has 33 heavy (non-hydrogen) atoms. The van der Waals surface area contributed by atoms with Crippen molar-refractivity contribution < 1.29 is 22.8 Å². The summed E-state index contributed by atoms with van der Waals surface area (Å²) in [5.74, 6) is -1.02. The molecule has 0 spiro atoms. The molecule has 2 heterocycles. The number of sulfonamides is 1. The Hall–Kier alpha value is -3.14. The van der Waals surface area contributed by atoms with Gasteiger partial charge in [-0.3, -0.25) is 14.4 Å². The third-order valence-electron chi connectivity index (χ3n) is 6.11. The number of rotatable bonds is 4. The van der Waals surface area contributed by atoms with Crippen LogP contribution < -0.4 is 5.32 Å². The van der Waals surface area contributed by atoms with Crippen molar-refractivity contribution in [2.45, 2.75) is 17.1 Å². The topological polar surface area (TPSA) is 101 Å². The number of benzene rings is 2. The zero-order valence-electron chi connectivity index (χ0n) is 17.5. The third kappa shape index (κ3) is 3.82. The molecule has 0 saturated carbocycles. The first kappa shape index (κ1) is 21.7. The molecule has 1 N–H and O–H groups in total. The highest BCUT2D eigenvalue weighted by Gasteiger charge is 2.33. The van der Waals surface area contributed by atoms with Crippen LogP contribution in [0.15, 0.2) is 64.2 Å². The summed E-state index contributed by atoms with van der Waals surface area (Å²) in [6, 6.07) is 14.7. The van der Waals surface area contributed by atoms with Gasteiger partial charge in [0.25, 0.3) is 10.0 Å². The summed E-state index contributed by atoms with van der Waals surface area (Å²) < 4.78 is 27.1. The van der Waals surface area contributed by atoms with Crippen LogP contribution >= 0.6 is 11.3 Å². The molecule has 0 radical (unpaired) electrons. The maximum absolute atomic E-state index is 12.9. The van der Waals surface area contributed by atoms with Crippen molar-refractivity contribution in [3.8, 4) is 0 Å². The molecule has 7 nitrogen and oxygen atoms in total. The molecule has 2 aliphatic rings. The summed E-state index contributed by atoms with van der Waals surface area (Å²) in [5.41, 5.74) is 1.78. The van der Waals surface area contributed by atoms with Crippen LogP contribution in [0, 0.1) is 5.92 Å². The van der Waals surface area contributed by atoms with E-state index in [4.69, 9.17) is 0 Å². The molecule has 0 unspecified atom stereocenters. The third-order valence-corrected chi connectivity index (χ3v) is 9.38. The van der Waals surface area contributed by atoms with E-state index >= 15 is 0 Å². The summed E-state index contributed by atoms with van der Waals surface area (Å²) in [4.78, 5) is 38.5. The van der Waals surface area contributed by atoms with Gasteiger partial charge in [0.05, 0.1) is 0 Å². The highest BCUT2D eigenvalue weighted by molar-refractivity contribution is 7.91. The summed E-state index contributed by atoms with van der Waals surface area (Å²) in [5, 5.41) is 4.56. The van der Waals surface area contributed by atoms with E-state index in [1.54, 1.807) is 60.0 Å². The number of hydrogen-bond donors (Lipinski definition) is 1. The largest absolute Gasteiger partial charge is 0.326 e. The lowest BCUT2D eigenvalue weighted by molar-refractivity contribution is -0.120. The van der Waals surface area contributed by atoms with Gasteiger partial charge in [-0.15, -0.1) is 11.3 Å². The Bertz CT molecular complexity index is 1370. The fraction of sp³-hybridized carbons (Fsp3) is 0.208. The Balaban J connectivity index is 1.28. The van der Waals surface area contributed by atoms with Gasteiger partial charge >= 0.3 is 0 Å². The zero-order valence-corrected chi connectivity index (χ0v) is 19.1. The number of fused-ring (bicyclic) bond motifs is 2. The fourth-order valence-corrected chi connectivity index (χ4v) is 6.93. The van der Waals surface area contributed by atoms with E-state index < -0.39 is 10.0 Å². The molecule has 9 heteroatoms. The van der Waals surface area contributed by atoms with Crippen LogP contribution in [-0.4, -0.2) is 43.3 Å². The number of ketones is 2. The van der Waals surface area contributed by atoms with Crippen molar-refractivity contribution in [2.24, 2.45) is 5.92 Å². The number of thiophene rings is 1. The van der Waals surface area contributed by atoms with E-state index in [1.807, 2.05) is 0 Å². The molecule has 1 aromatic heterocycles. The van der Waals surface area contributed by atoms with Gasteiger partial charge < -0.3 is 5.32 Å². The van der Waals surface area contributed by atoms with Gasteiger partial charge in [0, 0.05) is 46.9 Å². The van der Waals surface area contributed by atoms with Crippen molar-refractivity contribution in [3.63, 3.8) is 0 Å². The summed E-state index contributed by atoms with van der Waals surface area (Å²) in [6.07, 6.45) is 0.818. The van der Waals surface area contributed by atoms with Crippen LogP contribution in [0.1, 0.15) is 44.7 Å². The molecule has 1 aliphatic carbocycles. The SMILES string of the molecule is O=C1c2ccccc2C(=O)c2cc(NC(=O)C3CCN(S(=O)(=O)c4cccs4)CC3)ccc21. The smallest absolute Gasteiger partial charge is 0.252 e. The van der Waals surface area contributed by atoms with Crippen LogP contribution in [0.5, 0.6) is 0 Å². The second kappa shape index (κ2) is 8.33. The summed E-state index contributed by atoms with van der Waals surface area (Å²) in [7, 11) is -3.52. The lowest BCUT2D eigenvalue weighted by Crippen LogP contribution is -2.41. The Kier molecular flexibility index (Phi) is 5.48. The van der Waals surface area contributed by atoms with Gasteiger partial charge in [-0.2, -0.15) is 4.31 Å². The number of nitrogens with zero attached hydrogens (tertiary/aromatic N) is 1. The minimum atomic E-state index is -3.52. The lowest BCUT2D eigenvalue weighted by Gasteiger charge is -2.30. The van der Waals surface area contributed by atoms with E-state index in [1.165, 1.54) is 15.6 Å². The first-order valence-corrected chi connectivity index (χ1v) is 12.9. The number of piperidine rings is 1. The summed E-state index contributed by atoms with van der Waals surface area (Å²) >= 11 is 1.18. The maximum atomic E-state index is 12.9. The van der Waals surface area contributed by atoms with Gasteiger partial charge in [-0.1, -0.05) is 30.3 Å². The highest BCUT2D eigenvalue weighted by Crippen LogP contribution is 2.30. The molecule has 1 fully saturated rings. The molecule has 1 amide bonds. The molecule has 168 valence electrons. The number of hydrogen-bond acceptors (Lipinski definition) is 6. The monoisotopic (exact) mass is 480 g/mol. The van der Waals surface area contributed by atoms with Crippen LogP contribution in [0.4, 0.5) is 5.69 Å². The Morgan fingerprint density at radius 3 is 2.15 bits per heavy atom. The summed E-state index contributed by atoms with van der Waals surface area (Å²) in [6.45, 7) is 0.540. The Labute approximate surface area is 195 Å². The lowest BCUT2D eigenvalue weighted by atomic mass is 9.84. The first-order valence-electron chi connectivity index (χ1n) is 10.5. The highest BCUT2D eigenvalue weighted by atomic mass is 32.2. The van der Waals surface area contributed by atoms with Crippen LogP contribution in [-0.2, 0) is 14.8 Å². The standard InChI is InChI=1S/C24H20N2O5S2/c27-22-17-4-1-2-5-18(17)23(28)20-14-16(7-8-19(20)22)25-24(29)15-9-11-26(12-10-15)33(30,31)21-6-3-13-32-21/h1-8,13-15H,9-12H2,(H,25,29). The first-order chi connectivity index (χ1) is 15.9. The number of carbonyl (C=O) groups is 3. The van der Waals surface area contributed by atoms with E-state index in [0.717, 1.165) is 0 Å². The van der Waals surface area contributed by atoms with Crippen molar-refractivity contribution in [1.82, 2.24) is 4.31 Å². The second-order valence-electron chi connectivity index (χ2n) is 8.06. The molecule has 0 bridgehead atoms. The molecule has 1 saturated heterocycles. The predicted octanol–water partition coefficient (Wildman–Crippen LogP) is 3.56. The van der Waals surface area contributed by atoms with Crippen molar-refractivity contribution in [1.29, 1.82) is 0 Å². The minimum Gasteiger partial charge on any atom is -0.326 e. The normalized spacial score (nSPS) is 16.8. The van der Waals surface area contributed by atoms with E-state index in [2.05, 4.69) is 5.32 Å². The number of carbonyl (C=O) groups excluding carboxylic acids is 3. The molecule has 2 aromatic carbocycles. The Morgan fingerprint density at radius 1 is 0.879 bits per heavy atom. The average molecular weight is 481 g/mol. The minimum absolute atomic E-state index is 0.211. The Morgan fingerprint density at radius 2 is 1.52 bits per heavy atom. The fourth-order valence-electron chi connectivity index (χ4n) is 4.32. The molecule has 5 rings (SSSR count). The van der Waals surface area contributed by atoms with E-state index in [-0.39, 0.29) is 42.0 Å².